The lowest BCUT2D eigenvalue weighted by Crippen LogP contribution is -2.17. The van der Waals surface area contributed by atoms with E-state index in [1.165, 1.54) is 23.9 Å². The number of esters is 1. The topological polar surface area (TPSA) is 76.7 Å². The number of carbonyl (C=O) groups is 1. The molecule has 1 atom stereocenters. The molecular weight excluding hydrogens is 364 g/mol. The van der Waals surface area contributed by atoms with Gasteiger partial charge in [0.15, 0.2) is 0 Å². The highest BCUT2D eigenvalue weighted by atomic mass is 32.2. The summed E-state index contributed by atoms with van der Waals surface area (Å²) in [6.45, 7) is 3.67. The first-order valence-electron chi connectivity index (χ1n) is 8.65. The van der Waals surface area contributed by atoms with Crippen LogP contribution in [0.4, 0.5) is 0 Å². The van der Waals surface area contributed by atoms with Gasteiger partial charge in [0.25, 0.3) is 0 Å². The number of phenolic OH excluding ortho intramolecular Hbond substituents is 1. The number of benzene rings is 2. The third-order valence-electron chi connectivity index (χ3n) is 4.17. The van der Waals surface area contributed by atoms with Crippen molar-refractivity contribution in [3.63, 3.8) is 0 Å². The first-order chi connectivity index (χ1) is 13.0. The monoisotopic (exact) mass is 384 g/mol. The second-order valence-electron chi connectivity index (χ2n) is 6.10. The Balaban J connectivity index is 1.78. The van der Waals surface area contributed by atoms with Crippen molar-refractivity contribution in [2.24, 2.45) is 0 Å². The molecule has 2 aromatic carbocycles. The molecule has 0 saturated heterocycles. The lowest BCUT2D eigenvalue weighted by Gasteiger charge is -2.13. The van der Waals surface area contributed by atoms with Crippen LogP contribution in [0.15, 0.2) is 62.6 Å². The highest BCUT2D eigenvalue weighted by molar-refractivity contribution is 8.00. The maximum Gasteiger partial charge on any atom is 0.336 e. The summed E-state index contributed by atoms with van der Waals surface area (Å²) in [5.74, 6) is -0.282. The van der Waals surface area contributed by atoms with E-state index in [2.05, 4.69) is 0 Å². The van der Waals surface area contributed by atoms with Crippen LogP contribution < -0.4 is 5.63 Å². The van der Waals surface area contributed by atoms with E-state index in [1.807, 2.05) is 37.3 Å². The summed E-state index contributed by atoms with van der Waals surface area (Å²) in [4.78, 5) is 25.1. The summed E-state index contributed by atoms with van der Waals surface area (Å²) in [6.07, 6.45) is 0.630. The number of aryl methyl sites for hydroxylation is 1. The van der Waals surface area contributed by atoms with Crippen LogP contribution in [0.3, 0.4) is 0 Å². The van der Waals surface area contributed by atoms with Gasteiger partial charge >= 0.3 is 11.6 Å². The highest BCUT2D eigenvalue weighted by Crippen LogP contribution is 2.28. The van der Waals surface area contributed by atoms with Crippen molar-refractivity contribution in [2.75, 3.05) is 0 Å². The number of aromatic hydroxyl groups is 1. The van der Waals surface area contributed by atoms with Crippen LogP contribution >= 0.6 is 11.8 Å². The van der Waals surface area contributed by atoms with Crippen molar-refractivity contribution >= 4 is 28.7 Å². The molecular formula is C21H20O5S. The first-order valence-corrected chi connectivity index (χ1v) is 9.53. The van der Waals surface area contributed by atoms with Crippen molar-refractivity contribution in [2.45, 2.75) is 37.0 Å². The van der Waals surface area contributed by atoms with Crippen molar-refractivity contribution in [3.8, 4) is 5.75 Å². The minimum absolute atomic E-state index is 0.0332. The maximum absolute atomic E-state index is 12.3. The average molecular weight is 384 g/mol. The highest BCUT2D eigenvalue weighted by Gasteiger charge is 2.17. The van der Waals surface area contributed by atoms with Gasteiger partial charge in [-0.25, -0.2) is 4.79 Å². The molecule has 1 aromatic heterocycles. The Kier molecular flexibility index (Phi) is 5.86. The number of thioether (sulfide) groups is 1. The van der Waals surface area contributed by atoms with Crippen molar-refractivity contribution in [3.05, 3.63) is 70.1 Å². The summed E-state index contributed by atoms with van der Waals surface area (Å²) in [6, 6.07) is 14.1. The maximum atomic E-state index is 12.3. The van der Waals surface area contributed by atoms with Gasteiger partial charge in [-0.05, 0) is 37.1 Å². The van der Waals surface area contributed by atoms with Gasteiger partial charge in [-0.15, -0.1) is 11.8 Å². The van der Waals surface area contributed by atoms with Crippen LogP contribution in [0, 0.1) is 0 Å². The molecule has 5 nitrogen and oxygen atoms in total. The van der Waals surface area contributed by atoms with Crippen molar-refractivity contribution < 1.29 is 19.1 Å². The van der Waals surface area contributed by atoms with E-state index in [4.69, 9.17) is 9.15 Å². The normalized spacial score (nSPS) is 12.1. The molecule has 0 spiro atoms. The number of fused-ring (bicyclic) bond motifs is 1. The molecule has 0 bridgehead atoms. The fourth-order valence-corrected chi connectivity index (χ4v) is 3.61. The predicted molar refractivity (Wildman–Crippen MR) is 105 cm³/mol. The molecule has 140 valence electrons. The van der Waals surface area contributed by atoms with Crippen LogP contribution in [0.25, 0.3) is 11.0 Å². The van der Waals surface area contributed by atoms with Gasteiger partial charge in [0.2, 0.25) is 0 Å². The Morgan fingerprint density at radius 3 is 2.63 bits per heavy atom. The van der Waals surface area contributed by atoms with Gasteiger partial charge in [0, 0.05) is 28.0 Å². The predicted octanol–water partition coefficient (Wildman–Crippen LogP) is 4.29. The zero-order valence-corrected chi connectivity index (χ0v) is 15.9. The minimum atomic E-state index is -0.552. The summed E-state index contributed by atoms with van der Waals surface area (Å²) >= 11 is 1.41. The van der Waals surface area contributed by atoms with Crippen LogP contribution in [0.5, 0.6) is 5.75 Å². The SMILES string of the molecule is CCc1cc2c(COC(=O)[C@H](C)Sc3ccccc3)cc(=O)oc2cc1O. The average Bonchev–Trinajstić information content (AvgIpc) is 2.65. The molecule has 0 fully saturated rings. The smallest absolute Gasteiger partial charge is 0.336 e. The molecule has 0 aliphatic rings. The van der Waals surface area contributed by atoms with E-state index in [9.17, 15) is 14.7 Å². The van der Waals surface area contributed by atoms with E-state index in [0.29, 0.717) is 17.4 Å². The molecule has 0 amide bonds. The molecule has 27 heavy (non-hydrogen) atoms. The number of rotatable bonds is 6. The Bertz CT molecular complexity index is 1010. The van der Waals surface area contributed by atoms with E-state index in [-0.39, 0.29) is 29.2 Å². The molecule has 1 N–H and O–H groups in total. The summed E-state index contributed by atoms with van der Waals surface area (Å²) < 4.78 is 10.6. The van der Waals surface area contributed by atoms with Crippen LogP contribution in [0.2, 0.25) is 0 Å². The third-order valence-corrected chi connectivity index (χ3v) is 5.26. The molecule has 0 radical (unpaired) electrons. The van der Waals surface area contributed by atoms with Gasteiger partial charge in [-0.2, -0.15) is 0 Å². The number of hydrogen-bond acceptors (Lipinski definition) is 6. The third kappa shape index (κ3) is 4.52. The zero-order chi connectivity index (χ0) is 19.4. The second kappa shape index (κ2) is 8.31. The molecule has 3 rings (SSSR count). The lowest BCUT2D eigenvalue weighted by atomic mass is 10.0. The number of ether oxygens (including phenoxy) is 1. The van der Waals surface area contributed by atoms with Gasteiger partial charge in [-0.1, -0.05) is 25.1 Å². The Labute approximate surface area is 161 Å². The largest absolute Gasteiger partial charge is 0.508 e. The first kappa shape index (κ1) is 19.0. The van der Waals surface area contributed by atoms with Crippen LogP contribution in [0.1, 0.15) is 25.0 Å². The number of carbonyl (C=O) groups excluding carboxylic acids is 1. The molecule has 3 aromatic rings. The van der Waals surface area contributed by atoms with Crippen molar-refractivity contribution in [1.82, 2.24) is 0 Å². The van der Waals surface area contributed by atoms with Gasteiger partial charge in [0.1, 0.15) is 23.2 Å². The number of phenols is 1. The Morgan fingerprint density at radius 1 is 1.19 bits per heavy atom. The zero-order valence-electron chi connectivity index (χ0n) is 15.1. The number of hydrogen-bond donors (Lipinski definition) is 1. The van der Waals surface area contributed by atoms with Crippen LogP contribution in [-0.2, 0) is 22.6 Å². The summed E-state index contributed by atoms with van der Waals surface area (Å²) in [7, 11) is 0. The van der Waals surface area contributed by atoms with E-state index < -0.39 is 5.63 Å². The lowest BCUT2D eigenvalue weighted by molar-refractivity contribution is -0.143. The van der Waals surface area contributed by atoms with Crippen LogP contribution in [-0.4, -0.2) is 16.3 Å². The van der Waals surface area contributed by atoms with E-state index >= 15 is 0 Å². The molecule has 6 heteroatoms. The molecule has 0 aliphatic heterocycles. The quantitative estimate of drug-likeness (QED) is 0.388. The summed E-state index contributed by atoms with van der Waals surface area (Å²) in [5, 5.41) is 10.2. The van der Waals surface area contributed by atoms with Gasteiger partial charge < -0.3 is 14.3 Å². The fraction of sp³-hybridized carbons (Fsp3) is 0.238. The van der Waals surface area contributed by atoms with Gasteiger partial charge in [-0.3, -0.25) is 4.79 Å². The molecule has 0 aliphatic carbocycles. The van der Waals surface area contributed by atoms with E-state index in [1.54, 1.807) is 13.0 Å². The van der Waals surface area contributed by atoms with Crippen molar-refractivity contribution in [1.29, 1.82) is 0 Å². The van der Waals surface area contributed by atoms with E-state index in [0.717, 1.165) is 10.5 Å². The molecule has 1 heterocycles. The standard InChI is InChI=1S/C21H20O5S/c1-3-14-9-17-15(10-20(23)26-19(17)11-18(14)22)12-25-21(24)13(2)27-16-7-5-4-6-8-16/h4-11,13,22H,3,12H2,1-2H3/t13-/m0/s1. The fourth-order valence-electron chi connectivity index (χ4n) is 2.73. The molecule has 0 saturated carbocycles. The Morgan fingerprint density at radius 2 is 1.93 bits per heavy atom. The summed E-state index contributed by atoms with van der Waals surface area (Å²) in [5.41, 5.74) is 1.01. The minimum Gasteiger partial charge on any atom is -0.508 e. The molecule has 0 unspecified atom stereocenters. The van der Waals surface area contributed by atoms with Gasteiger partial charge in [0.05, 0.1) is 0 Å². The second-order valence-corrected chi connectivity index (χ2v) is 7.52. The Hall–Kier alpha value is -2.73.